The lowest BCUT2D eigenvalue weighted by atomic mass is 9.91. The van der Waals surface area contributed by atoms with Gasteiger partial charge >= 0.3 is 13.6 Å². The molecule has 0 radical (unpaired) electrons. The van der Waals surface area contributed by atoms with E-state index in [-0.39, 0.29) is 17.1 Å². The molecule has 4 aromatic carbocycles. The number of aromatic hydroxyl groups is 1. The number of nitrogens with zero attached hydrogens (tertiary/aromatic N) is 1. The third-order valence-corrected chi connectivity index (χ3v) is 8.08. The number of hydrogen-bond donors (Lipinski definition) is 5. The maximum Gasteiger partial charge on any atom is 0.356 e. The van der Waals surface area contributed by atoms with Crippen LogP contribution >= 0.6 is 7.60 Å². The normalized spacial score (nSPS) is 18.0. The van der Waals surface area contributed by atoms with Crippen molar-refractivity contribution in [1.82, 2.24) is 5.32 Å². The molecule has 0 bridgehead atoms. The summed E-state index contributed by atoms with van der Waals surface area (Å²) in [6, 6.07) is 24.2. The fourth-order valence-corrected chi connectivity index (χ4v) is 5.61. The predicted molar refractivity (Wildman–Crippen MR) is 150 cm³/mol. The monoisotopic (exact) mass is 562 g/mol. The van der Waals surface area contributed by atoms with E-state index >= 15 is 0 Å². The standard InChI is InChI=1S/C30H28FN2O6P/c31-22-11-6-20(7-12-22)27(34)17-16-26-29(33(30(36)32-26)23-4-2-1-3-5-23)25-15-10-21(18-28(25)35)19-8-13-24(14-9-19)40(37,38)39/h1-15,18,26-27,29,34-35H,16-17H2,(H,32,36)(H2,37,38,39)/t26-,27?,29-/m1/s1. The Morgan fingerprint density at radius 1 is 0.900 bits per heavy atom. The van der Waals surface area contributed by atoms with Gasteiger partial charge in [0.25, 0.3) is 0 Å². The van der Waals surface area contributed by atoms with Crippen molar-refractivity contribution in [3.63, 3.8) is 0 Å². The zero-order chi connectivity index (χ0) is 28.4. The molecular formula is C30H28FN2O6P. The fraction of sp³-hybridized carbons (Fsp3) is 0.167. The van der Waals surface area contributed by atoms with Crippen LogP contribution in [0.4, 0.5) is 14.9 Å². The van der Waals surface area contributed by atoms with Crippen LogP contribution in [0.5, 0.6) is 5.75 Å². The number of carbonyl (C=O) groups is 1. The highest BCUT2D eigenvalue weighted by Crippen LogP contribution is 2.42. The average Bonchev–Trinajstić information content (AvgIpc) is 3.27. The van der Waals surface area contributed by atoms with E-state index in [2.05, 4.69) is 5.32 Å². The van der Waals surface area contributed by atoms with E-state index in [1.807, 2.05) is 18.2 Å². The number of phenols is 1. The number of hydrogen-bond acceptors (Lipinski definition) is 4. The number of rotatable bonds is 8. The summed E-state index contributed by atoms with van der Waals surface area (Å²) in [5, 5.41) is 24.8. The molecule has 1 heterocycles. The molecule has 2 amide bonds. The van der Waals surface area contributed by atoms with Crippen molar-refractivity contribution in [3.05, 3.63) is 114 Å². The number of carbonyl (C=O) groups excluding carboxylic acids is 1. The van der Waals surface area contributed by atoms with Gasteiger partial charge < -0.3 is 25.3 Å². The van der Waals surface area contributed by atoms with Crippen LogP contribution in [0.25, 0.3) is 11.1 Å². The van der Waals surface area contributed by atoms with Crippen molar-refractivity contribution in [3.8, 4) is 16.9 Å². The number of urea groups is 1. The lowest BCUT2D eigenvalue weighted by molar-refractivity contribution is 0.159. The number of halogens is 1. The smallest absolute Gasteiger partial charge is 0.356 e. The van der Waals surface area contributed by atoms with Gasteiger partial charge in [-0.3, -0.25) is 9.46 Å². The fourth-order valence-electron chi connectivity index (χ4n) is 5.08. The molecule has 40 heavy (non-hydrogen) atoms. The van der Waals surface area contributed by atoms with Crippen molar-refractivity contribution in [1.29, 1.82) is 0 Å². The van der Waals surface area contributed by atoms with E-state index in [0.29, 0.717) is 40.8 Å². The Morgan fingerprint density at radius 3 is 2.17 bits per heavy atom. The molecule has 0 saturated carbocycles. The zero-order valence-electron chi connectivity index (χ0n) is 21.3. The van der Waals surface area contributed by atoms with Gasteiger partial charge in [0.1, 0.15) is 11.6 Å². The topological polar surface area (TPSA) is 130 Å². The van der Waals surface area contributed by atoms with Crippen LogP contribution in [0.15, 0.2) is 97.1 Å². The first kappa shape index (κ1) is 27.6. The summed E-state index contributed by atoms with van der Waals surface area (Å²) in [6.45, 7) is 0. The summed E-state index contributed by atoms with van der Waals surface area (Å²) in [6.07, 6.45) is -0.194. The lowest BCUT2D eigenvalue weighted by Crippen LogP contribution is -2.29. The van der Waals surface area contributed by atoms with Crippen LogP contribution in [0.1, 0.15) is 36.1 Å². The lowest BCUT2D eigenvalue weighted by Gasteiger charge is -2.28. The molecule has 0 aromatic heterocycles. The van der Waals surface area contributed by atoms with Gasteiger partial charge in [-0.1, -0.05) is 54.6 Å². The molecule has 4 aromatic rings. The molecule has 0 aliphatic carbocycles. The van der Waals surface area contributed by atoms with Crippen LogP contribution in [-0.2, 0) is 4.57 Å². The van der Waals surface area contributed by atoms with Crippen molar-refractivity contribution in [2.45, 2.75) is 31.0 Å². The van der Waals surface area contributed by atoms with Crippen LogP contribution in [-0.4, -0.2) is 32.1 Å². The maximum absolute atomic E-state index is 13.3. The van der Waals surface area contributed by atoms with Crippen molar-refractivity contribution in [2.75, 3.05) is 4.90 Å². The highest BCUT2D eigenvalue weighted by Gasteiger charge is 2.42. The first-order valence-corrected chi connectivity index (χ1v) is 14.3. The summed E-state index contributed by atoms with van der Waals surface area (Å²) < 4.78 is 24.8. The second-order valence-electron chi connectivity index (χ2n) is 9.72. The first-order chi connectivity index (χ1) is 19.1. The number of para-hydroxylation sites is 1. The number of amides is 2. The minimum absolute atomic E-state index is 0.0527. The highest BCUT2D eigenvalue weighted by atomic mass is 31.2. The third kappa shape index (κ3) is 5.78. The molecule has 0 spiro atoms. The molecule has 5 N–H and O–H groups in total. The Hall–Kier alpha value is -4.01. The van der Waals surface area contributed by atoms with E-state index < -0.39 is 31.6 Å². The summed E-state index contributed by atoms with van der Waals surface area (Å²) in [4.78, 5) is 33.5. The van der Waals surface area contributed by atoms with Gasteiger partial charge in [0.15, 0.2) is 0 Å². The van der Waals surface area contributed by atoms with Gasteiger partial charge in [-0.2, -0.15) is 0 Å². The van der Waals surface area contributed by atoms with Crippen LogP contribution in [0, 0.1) is 5.82 Å². The van der Waals surface area contributed by atoms with Gasteiger partial charge in [0, 0.05) is 11.3 Å². The molecule has 206 valence electrons. The largest absolute Gasteiger partial charge is 0.508 e. The Bertz CT molecular complexity index is 1540. The van der Waals surface area contributed by atoms with E-state index in [1.54, 1.807) is 47.4 Å². The van der Waals surface area contributed by atoms with Crippen LogP contribution in [0.2, 0.25) is 0 Å². The van der Waals surface area contributed by atoms with Crippen LogP contribution < -0.4 is 15.5 Å². The van der Waals surface area contributed by atoms with E-state index in [1.165, 1.54) is 36.4 Å². The summed E-state index contributed by atoms with van der Waals surface area (Å²) >= 11 is 0. The number of anilines is 1. The van der Waals surface area contributed by atoms with Crippen molar-refractivity contribution >= 4 is 24.6 Å². The molecule has 1 aliphatic heterocycles. The van der Waals surface area contributed by atoms with Gasteiger partial charge in [-0.05, 0) is 72.0 Å². The summed E-state index contributed by atoms with van der Waals surface area (Å²) in [5.74, 6) is -0.447. The molecule has 5 rings (SSSR count). The SMILES string of the molecule is O=C1N[C@H](CCC(O)c2ccc(F)cc2)[C@@H](c2ccc(-c3ccc(P(=O)(O)O)cc3)cc2O)N1c1ccccc1. The summed E-state index contributed by atoms with van der Waals surface area (Å²) in [7, 11) is -4.37. The summed E-state index contributed by atoms with van der Waals surface area (Å²) in [5.41, 5.74) is 2.99. The number of phenolic OH excluding ortho intramolecular Hbond substituents is 1. The molecule has 3 atom stereocenters. The zero-order valence-corrected chi connectivity index (χ0v) is 22.2. The van der Waals surface area contributed by atoms with E-state index in [4.69, 9.17) is 0 Å². The van der Waals surface area contributed by atoms with Gasteiger partial charge in [0.2, 0.25) is 0 Å². The second kappa shape index (κ2) is 11.2. The predicted octanol–water partition coefficient (Wildman–Crippen LogP) is 5.15. The Labute approximate surface area is 230 Å². The first-order valence-electron chi connectivity index (χ1n) is 12.7. The van der Waals surface area contributed by atoms with Crippen molar-refractivity contribution < 1.29 is 33.7 Å². The molecule has 1 fully saturated rings. The Morgan fingerprint density at radius 2 is 1.55 bits per heavy atom. The maximum atomic E-state index is 13.3. The number of benzene rings is 4. The minimum Gasteiger partial charge on any atom is -0.508 e. The Kier molecular flexibility index (Phi) is 7.74. The average molecular weight is 563 g/mol. The van der Waals surface area contributed by atoms with Gasteiger partial charge in [-0.15, -0.1) is 0 Å². The number of nitrogens with one attached hydrogen (secondary N) is 1. The molecule has 1 aliphatic rings. The molecule has 10 heteroatoms. The number of aliphatic hydroxyl groups excluding tert-OH is 1. The van der Waals surface area contributed by atoms with Gasteiger partial charge in [0.05, 0.1) is 23.5 Å². The quantitative estimate of drug-likeness (QED) is 0.189. The third-order valence-electron chi connectivity index (χ3n) is 7.11. The minimum atomic E-state index is -4.37. The highest BCUT2D eigenvalue weighted by molar-refractivity contribution is 7.60. The van der Waals surface area contributed by atoms with E-state index in [0.717, 1.165) is 0 Å². The van der Waals surface area contributed by atoms with Crippen LogP contribution in [0.3, 0.4) is 0 Å². The van der Waals surface area contributed by atoms with Gasteiger partial charge in [-0.25, -0.2) is 9.18 Å². The molecule has 1 unspecified atom stereocenters. The molecule has 1 saturated heterocycles. The molecular weight excluding hydrogens is 534 g/mol. The van der Waals surface area contributed by atoms with Crippen molar-refractivity contribution in [2.24, 2.45) is 0 Å². The van der Waals surface area contributed by atoms with E-state index in [9.17, 15) is 33.7 Å². The number of aliphatic hydroxyl groups is 1. The Balaban J connectivity index is 1.45. The molecule has 8 nitrogen and oxygen atoms in total. The second-order valence-corrected chi connectivity index (χ2v) is 11.3.